The van der Waals surface area contributed by atoms with Gasteiger partial charge < -0.3 is 14.0 Å². The Balaban J connectivity index is 1.90. The van der Waals surface area contributed by atoms with Gasteiger partial charge in [-0.05, 0) is 48.9 Å². The highest BCUT2D eigenvalue weighted by Crippen LogP contribution is 2.29. The third-order valence-electron chi connectivity index (χ3n) is 4.84. The van der Waals surface area contributed by atoms with E-state index in [9.17, 15) is 14.0 Å². The Morgan fingerprint density at radius 1 is 1.06 bits per heavy atom. The summed E-state index contributed by atoms with van der Waals surface area (Å²) in [6.45, 7) is 4.04. The zero-order valence-corrected chi connectivity index (χ0v) is 18.4. The Bertz CT molecular complexity index is 1390. The van der Waals surface area contributed by atoms with Crippen LogP contribution < -0.4 is 9.54 Å². The van der Waals surface area contributed by atoms with Crippen LogP contribution in [0, 0.1) is 5.82 Å². The number of amides is 1. The molecule has 0 unspecified atom stereocenters. The molecule has 0 spiro atoms. The van der Waals surface area contributed by atoms with E-state index in [1.807, 2.05) is 37.3 Å². The van der Waals surface area contributed by atoms with Gasteiger partial charge in [-0.3, -0.25) is 9.59 Å². The molecule has 1 amide bonds. The Morgan fingerprint density at radius 3 is 2.66 bits per heavy atom. The van der Waals surface area contributed by atoms with E-state index in [-0.39, 0.29) is 18.0 Å². The van der Waals surface area contributed by atoms with Gasteiger partial charge in [-0.15, -0.1) is 0 Å². The predicted octanol–water partition coefficient (Wildman–Crippen LogP) is 4.70. The van der Waals surface area contributed by atoms with Crippen molar-refractivity contribution in [1.82, 2.24) is 4.57 Å². The Kier molecular flexibility index (Phi) is 6.32. The number of ether oxygens (including phenoxy) is 2. The van der Waals surface area contributed by atoms with E-state index in [4.69, 9.17) is 9.47 Å². The average molecular weight is 453 g/mol. The van der Waals surface area contributed by atoms with Crippen LogP contribution in [0.5, 0.6) is 5.75 Å². The Labute approximate surface area is 187 Å². The van der Waals surface area contributed by atoms with E-state index in [0.29, 0.717) is 28.1 Å². The normalized spacial score (nSPS) is 11.8. The van der Waals surface area contributed by atoms with Crippen molar-refractivity contribution in [3.05, 3.63) is 70.8 Å². The Hall–Kier alpha value is -3.52. The van der Waals surface area contributed by atoms with Crippen molar-refractivity contribution in [2.75, 3.05) is 13.2 Å². The molecule has 0 saturated heterocycles. The molecule has 0 fully saturated rings. The van der Waals surface area contributed by atoms with Crippen LogP contribution in [0.25, 0.3) is 21.0 Å². The van der Waals surface area contributed by atoms with Crippen LogP contribution in [0.3, 0.4) is 0 Å². The third-order valence-corrected chi connectivity index (χ3v) is 5.88. The molecule has 1 aromatic heterocycles. The van der Waals surface area contributed by atoms with Crippen LogP contribution in [0.15, 0.2) is 59.6 Å². The standard InChI is InChI=1S/C24H21FN2O4S/c1-3-30-19-12-9-15-7-5-6-8-17(15)22(19)23(29)26-24-27(14-21(28)31-4-2)18-11-10-16(25)13-20(18)32-24/h5-13H,3-4,14H2,1-2H3. The van der Waals surface area contributed by atoms with Gasteiger partial charge in [0.25, 0.3) is 5.91 Å². The topological polar surface area (TPSA) is 69.9 Å². The first-order valence-corrected chi connectivity index (χ1v) is 11.0. The highest BCUT2D eigenvalue weighted by Gasteiger charge is 2.18. The molecule has 4 rings (SSSR count). The molecule has 0 aliphatic rings. The summed E-state index contributed by atoms with van der Waals surface area (Å²) < 4.78 is 26.7. The van der Waals surface area contributed by atoms with Crippen molar-refractivity contribution in [3.8, 4) is 5.75 Å². The fraction of sp³-hybridized carbons (Fsp3) is 0.208. The zero-order chi connectivity index (χ0) is 22.7. The molecule has 0 N–H and O–H groups in total. The van der Waals surface area contributed by atoms with Crippen molar-refractivity contribution in [2.24, 2.45) is 4.99 Å². The van der Waals surface area contributed by atoms with Crippen molar-refractivity contribution in [3.63, 3.8) is 0 Å². The number of hydrogen-bond acceptors (Lipinski definition) is 5. The summed E-state index contributed by atoms with van der Waals surface area (Å²) in [5.74, 6) is -0.947. The average Bonchev–Trinajstić information content (AvgIpc) is 3.09. The van der Waals surface area contributed by atoms with Gasteiger partial charge in [-0.25, -0.2) is 4.39 Å². The van der Waals surface area contributed by atoms with Gasteiger partial charge in [0.15, 0.2) is 4.80 Å². The van der Waals surface area contributed by atoms with Crippen LogP contribution in [0.4, 0.5) is 4.39 Å². The lowest BCUT2D eigenvalue weighted by molar-refractivity contribution is -0.143. The lowest BCUT2D eigenvalue weighted by Gasteiger charge is -2.11. The number of aromatic nitrogens is 1. The van der Waals surface area contributed by atoms with Gasteiger partial charge in [0.1, 0.15) is 18.1 Å². The first kappa shape index (κ1) is 21.7. The number of thiazole rings is 1. The third kappa shape index (κ3) is 4.27. The lowest BCUT2D eigenvalue weighted by atomic mass is 10.0. The quantitative estimate of drug-likeness (QED) is 0.398. The minimum atomic E-state index is -0.505. The van der Waals surface area contributed by atoms with Gasteiger partial charge in [0.05, 0.1) is 29.0 Å². The van der Waals surface area contributed by atoms with Gasteiger partial charge in [0, 0.05) is 0 Å². The maximum absolute atomic E-state index is 13.8. The number of nitrogens with zero attached hydrogens (tertiary/aromatic N) is 2. The Morgan fingerprint density at radius 2 is 1.88 bits per heavy atom. The number of halogens is 1. The molecule has 0 atom stereocenters. The molecule has 1 heterocycles. The molecule has 0 bridgehead atoms. The molecular formula is C24H21FN2O4S. The van der Waals surface area contributed by atoms with Crippen molar-refractivity contribution < 1.29 is 23.5 Å². The first-order valence-electron chi connectivity index (χ1n) is 10.2. The van der Waals surface area contributed by atoms with Gasteiger partial charge in [-0.1, -0.05) is 41.7 Å². The number of carbonyl (C=O) groups excluding carboxylic acids is 2. The monoisotopic (exact) mass is 452 g/mol. The van der Waals surface area contributed by atoms with Crippen LogP contribution in [0.1, 0.15) is 24.2 Å². The first-order chi connectivity index (χ1) is 15.5. The molecule has 0 saturated carbocycles. The second kappa shape index (κ2) is 9.32. The van der Waals surface area contributed by atoms with Crippen molar-refractivity contribution in [1.29, 1.82) is 0 Å². The van der Waals surface area contributed by atoms with Gasteiger partial charge in [0.2, 0.25) is 0 Å². The molecule has 8 heteroatoms. The highest BCUT2D eigenvalue weighted by molar-refractivity contribution is 7.16. The zero-order valence-electron chi connectivity index (χ0n) is 17.6. The SMILES string of the molecule is CCOC(=O)Cn1c(=NC(=O)c2c(OCC)ccc3ccccc23)sc2cc(F)ccc21. The summed E-state index contributed by atoms with van der Waals surface area (Å²) in [4.78, 5) is 30.2. The minimum Gasteiger partial charge on any atom is -0.493 e. The molecule has 0 aliphatic carbocycles. The number of esters is 1. The highest BCUT2D eigenvalue weighted by atomic mass is 32.1. The van der Waals surface area contributed by atoms with Crippen LogP contribution in [0.2, 0.25) is 0 Å². The molecule has 3 aromatic carbocycles. The molecule has 32 heavy (non-hydrogen) atoms. The van der Waals surface area contributed by atoms with Crippen molar-refractivity contribution in [2.45, 2.75) is 20.4 Å². The fourth-order valence-corrected chi connectivity index (χ4v) is 4.56. The molecule has 6 nitrogen and oxygen atoms in total. The second-order valence-electron chi connectivity index (χ2n) is 6.90. The van der Waals surface area contributed by atoms with Crippen LogP contribution in [-0.2, 0) is 16.1 Å². The summed E-state index contributed by atoms with van der Waals surface area (Å²) in [7, 11) is 0. The molecule has 164 valence electrons. The van der Waals surface area contributed by atoms with E-state index in [1.165, 1.54) is 12.1 Å². The number of hydrogen-bond donors (Lipinski definition) is 0. The smallest absolute Gasteiger partial charge is 0.326 e. The number of benzene rings is 3. The van der Waals surface area contributed by atoms with E-state index in [1.54, 1.807) is 23.6 Å². The summed E-state index contributed by atoms with van der Waals surface area (Å²) in [6.07, 6.45) is 0. The second-order valence-corrected chi connectivity index (χ2v) is 7.91. The molecule has 0 aliphatic heterocycles. The predicted molar refractivity (Wildman–Crippen MR) is 121 cm³/mol. The number of rotatable bonds is 6. The fourth-order valence-electron chi connectivity index (χ4n) is 3.51. The maximum Gasteiger partial charge on any atom is 0.326 e. The number of fused-ring (bicyclic) bond motifs is 2. The molecule has 4 aromatic rings. The van der Waals surface area contributed by atoms with E-state index in [0.717, 1.165) is 22.1 Å². The summed E-state index contributed by atoms with van der Waals surface area (Å²) in [5, 5.41) is 1.60. The van der Waals surface area contributed by atoms with Crippen LogP contribution in [-0.4, -0.2) is 29.7 Å². The van der Waals surface area contributed by atoms with Gasteiger partial charge >= 0.3 is 5.97 Å². The summed E-state index contributed by atoms with van der Waals surface area (Å²) in [6, 6.07) is 15.3. The van der Waals surface area contributed by atoms with Crippen LogP contribution >= 0.6 is 11.3 Å². The van der Waals surface area contributed by atoms with E-state index < -0.39 is 17.7 Å². The van der Waals surface area contributed by atoms with E-state index in [2.05, 4.69) is 4.99 Å². The van der Waals surface area contributed by atoms with E-state index >= 15 is 0 Å². The van der Waals surface area contributed by atoms with Gasteiger partial charge in [-0.2, -0.15) is 4.99 Å². The van der Waals surface area contributed by atoms with Crippen molar-refractivity contribution >= 4 is 44.2 Å². The largest absolute Gasteiger partial charge is 0.493 e. The minimum absolute atomic E-state index is 0.139. The molecule has 0 radical (unpaired) electrons. The summed E-state index contributed by atoms with van der Waals surface area (Å²) in [5.41, 5.74) is 0.940. The summed E-state index contributed by atoms with van der Waals surface area (Å²) >= 11 is 1.13. The maximum atomic E-state index is 13.8. The molecular weight excluding hydrogens is 431 g/mol. The number of carbonyl (C=O) groups is 2. The lowest BCUT2D eigenvalue weighted by Crippen LogP contribution is -2.23.